The number of nitro benzene ring substituents is 1. The Balaban J connectivity index is 1.93. The van der Waals surface area contributed by atoms with E-state index in [1.807, 2.05) is 24.0 Å². The van der Waals surface area contributed by atoms with Gasteiger partial charge in [-0.2, -0.15) is 5.11 Å². The molecule has 31 heavy (non-hydrogen) atoms. The number of benzene rings is 2. The Kier molecular flexibility index (Phi) is 8.89. The number of ether oxygens (including phenoxy) is 1. The summed E-state index contributed by atoms with van der Waals surface area (Å²) in [6.07, 6.45) is -0.405. The summed E-state index contributed by atoms with van der Waals surface area (Å²) in [4.78, 5) is 34.2. The summed E-state index contributed by atoms with van der Waals surface area (Å²) >= 11 is 6.00. The fraction of sp³-hybridized carbons (Fsp3) is 0.300. The van der Waals surface area contributed by atoms with Crippen LogP contribution in [0.3, 0.4) is 0 Å². The number of esters is 1. The van der Waals surface area contributed by atoms with Crippen LogP contribution in [0, 0.1) is 10.1 Å². The number of rotatable bonds is 11. The van der Waals surface area contributed by atoms with Gasteiger partial charge >= 0.3 is 11.9 Å². The SMILES string of the molecule is CCN(CCOC(=O)CCC(=O)O)c1ccc(N=Nc2ccc([N+](=O)[O-])cc2Cl)cc1. The molecule has 0 bridgehead atoms. The van der Waals surface area contributed by atoms with Gasteiger partial charge in [0.1, 0.15) is 12.3 Å². The number of hydrogen-bond donors (Lipinski definition) is 1. The molecule has 0 saturated heterocycles. The Morgan fingerprint density at radius 1 is 1.16 bits per heavy atom. The van der Waals surface area contributed by atoms with Crippen LogP contribution in [0.4, 0.5) is 22.7 Å². The standard InChI is InChI=1S/C20H21ClN4O6/c1-2-24(11-12-31-20(28)10-9-19(26)27)15-5-3-14(4-6-15)22-23-18-8-7-16(25(29)30)13-17(18)21/h3-8,13H,2,9-12H2,1H3,(H,26,27). The second-order valence-electron chi connectivity index (χ2n) is 6.30. The third-order valence-electron chi connectivity index (χ3n) is 4.18. The zero-order chi connectivity index (χ0) is 22.8. The Hall–Kier alpha value is -3.53. The molecule has 0 fully saturated rings. The van der Waals surface area contributed by atoms with Gasteiger partial charge in [0.2, 0.25) is 0 Å². The van der Waals surface area contributed by atoms with Gasteiger partial charge in [0.05, 0.1) is 35.0 Å². The van der Waals surface area contributed by atoms with E-state index in [1.54, 1.807) is 12.1 Å². The predicted molar refractivity (Wildman–Crippen MR) is 114 cm³/mol. The van der Waals surface area contributed by atoms with E-state index >= 15 is 0 Å². The molecule has 2 rings (SSSR count). The lowest BCUT2D eigenvalue weighted by molar-refractivity contribution is -0.384. The molecule has 0 unspecified atom stereocenters. The highest BCUT2D eigenvalue weighted by molar-refractivity contribution is 6.33. The molecule has 10 nitrogen and oxygen atoms in total. The molecule has 0 aliphatic heterocycles. The molecule has 0 spiro atoms. The van der Waals surface area contributed by atoms with Crippen molar-refractivity contribution in [2.24, 2.45) is 10.2 Å². The van der Waals surface area contributed by atoms with Crippen LogP contribution >= 0.6 is 11.6 Å². The van der Waals surface area contributed by atoms with Crippen molar-refractivity contribution >= 4 is 46.3 Å². The molecule has 0 amide bonds. The molecule has 2 aromatic carbocycles. The van der Waals surface area contributed by atoms with Gasteiger partial charge in [-0.15, -0.1) is 5.11 Å². The first-order valence-electron chi connectivity index (χ1n) is 9.38. The molecule has 0 heterocycles. The van der Waals surface area contributed by atoms with Crippen LogP contribution in [-0.2, 0) is 14.3 Å². The van der Waals surface area contributed by atoms with Gasteiger partial charge < -0.3 is 14.7 Å². The Bertz CT molecular complexity index is 965. The number of carboxylic acid groups (broad SMARTS) is 1. The number of likely N-dealkylation sites (N-methyl/N-ethyl adjacent to an activating group) is 1. The van der Waals surface area contributed by atoms with Crippen molar-refractivity contribution < 1.29 is 24.4 Å². The summed E-state index contributed by atoms with van der Waals surface area (Å²) in [5.41, 5.74) is 1.64. The first-order chi connectivity index (χ1) is 14.8. The Labute approximate surface area is 183 Å². The average molecular weight is 449 g/mol. The Morgan fingerprint density at radius 3 is 2.45 bits per heavy atom. The minimum absolute atomic E-state index is 0.125. The fourth-order valence-corrected chi connectivity index (χ4v) is 2.77. The molecule has 0 radical (unpaired) electrons. The number of carbonyl (C=O) groups excluding carboxylic acids is 1. The van der Waals surface area contributed by atoms with Crippen LogP contribution in [0.5, 0.6) is 0 Å². The fourth-order valence-electron chi connectivity index (χ4n) is 2.55. The zero-order valence-corrected chi connectivity index (χ0v) is 17.5. The monoisotopic (exact) mass is 448 g/mol. The molecule has 164 valence electrons. The molecule has 1 N–H and O–H groups in total. The van der Waals surface area contributed by atoms with Crippen LogP contribution in [0.25, 0.3) is 0 Å². The van der Waals surface area contributed by atoms with Gasteiger partial charge in [0.25, 0.3) is 5.69 Å². The number of nitrogens with zero attached hydrogens (tertiary/aromatic N) is 4. The molecule has 0 saturated carbocycles. The quantitative estimate of drug-likeness (QED) is 0.223. The van der Waals surface area contributed by atoms with Crippen LogP contribution in [-0.4, -0.2) is 41.7 Å². The highest BCUT2D eigenvalue weighted by Crippen LogP contribution is 2.30. The van der Waals surface area contributed by atoms with E-state index in [0.717, 1.165) is 5.69 Å². The topological polar surface area (TPSA) is 135 Å². The summed E-state index contributed by atoms with van der Waals surface area (Å²) in [7, 11) is 0. The first kappa shape index (κ1) is 23.7. The molecule has 0 aromatic heterocycles. The number of aliphatic carboxylic acids is 1. The number of carbonyl (C=O) groups is 2. The third kappa shape index (κ3) is 7.67. The Morgan fingerprint density at radius 2 is 1.87 bits per heavy atom. The van der Waals surface area contributed by atoms with Gasteiger partial charge in [-0.05, 0) is 37.3 Å². The van der Waals surface area contributed by atoms with E-state index < -0.39 is 16.9 Å². The van der Waals surface area contributed by atoms with Gasteiger partial charge in [-0.3, -0.25) is 19.7 Å². The van der Waals surface area contributed by atoms with Gasteiger partial charge in [-0.25, -0.2) is 0 Å². The van der Waals surface area contributed by atoms with Gasteiger partial charge in [-0.1, -0.05) is 11.6 Å². The predicted octanol–water partition coefficient (Wildman–Crippen LogP) is 4.90. The van der Waals surface area contributed by atoms with Crippen molar-refractivity contribution in [3.05, 3.63) is 57.6 Å². The van der Waals surface area contributed by atoms with E-state index in [9.17, 15) is 19.7 Å². The molecule has 0 aliphatic carbocycles. The van der Waals surface area contributed by atoms with Crippen molar-refractivity contribution in [1.82, 2.24) is 0 Å². The zero-order valence-electron chi connectivity index (χ0n) is 16.7. The van der Waals surface area contributed by atoms with E-state index in [1.165, 1.54) is 18.2 Å². The molecule has 0 aliphatic rings. The minimum atomic E-state index is -1.04. The van der Waals surface area contributed by atoms with Crippen molar-refractivity contribution in [3.63, 3.8) is 0 Å². The number of nitro groups is 1. The maximum absolute atomic E-state index is 11.5. The van der Waals surface area contributed by atoms with Crippen LogP contribution < -0.4 is 4.90 Å². The number of anilines is 1. The normalized spacial score (nSPS) is 10.8. The van der Waals surface area contributed by atoms with Crippen molar-refractivity contribution in [2.45, 2.75) is 19.8 Å². The van der Waals surface area contributed by atoms with Gasteiger partial charge in [0.15, 0.2) is 0 Å². The lowest BCUT2D eigenvalue weighted by atomic mass is 10.2. The minimum Gasteiger partial charge on any atom is -0.481 e. The molecule has 11 heteroatoms. The van der Waals surface area contributed by atoms with Crippen LogP contribution in [0.2, 0.25) is 5.02 Å². The third-order valence-corrected chi connectivity index (χ3v) is 4.48. The number of carboxylic acids is 1. The second kappa shape index (κ2) is 11.6. The smallest absolute Gasteiger partial charge is 0.306 e. The van der Waals surface area contributed by atoms with Gasteiger partial charge in [0, 0.05) is 24.4 Å². The largest absolute Gasteiger partial charge is 0.481 e. The maximum Gasteiger partial charge on any atom is 0.306 e. The van der Waals surface area contributed by atoms with Crippen LogP contribution in [0.1, 0.15) is 19.8 Å². The molecule has 0 atom stereocenters. The summed E-state index contributed by atoms with van der Waals surface area (Å²) in [5.74, 6) is -1.58. The van der Waals surface area contributed by atoms with E-state index in [2.05, 4.69) is 10.2 Å². The van der Waals surface area contributed by atoms with Crippen molar-refractivity contribution in [1.29, 1.82) is 0 Å². The number of halogens is 1. The lowest BCUT2D eigenvalue weighted by Gasteiger charge is -2.22. The maximum atomic E-state index is 11.5. The highest BCUT2D eigenvalue weighted by Gasteiger charge is 2.10. The lowest BCUT2D eigenvalue weighted by Crippen LogP contribution is -2.28. The van der Waals surface area contributed by atoms with Crippen molar-refractivity contribution in [3.8, 4) is 0 Å². The molecule has 2 aromatic rings. The molecular weight excluding hydrogens is 428 g/mol. The summed E-state index contributed by atoms with van der Waals surface area (Å²) in [6.45, 7) is 3.23. The number of hydrogen-bond acceptors (Lipinski definition) is 8. The molecular formula is C20H21ClN4O6. The van der Waals surface area contributed by atoms with E-state index in [0.29, 0.717) is 24.5 Å². The van der Waals surface area contributed by atoms with Crippen molar-refractivity contribution in [2.75, 3.05) is 24.6 Å². The van der Waals surface area contributed by atoms with E-state index in [-0.39, 0.29) is 30.2 Å². The summed E-state index contributed by atoms with van der Waals surface area (Å²) in [5, 5.41) is 27.6. The van der Waals surface area contributed by atoms with E-state index in [4.69, 9.17) is 21.4 Å². The summed E-state index contributed by atoms with van der Waals surface area (Å²) in [6, 6.07) is 11.1. The highest BCUT2D eigenvalue weighted by atomic mass is 35.5. The average Bonchev–Trinajstić information content (AvgIpc) is 2.75. The second-order valence-corrected chi connectivity index (χ2v) is 6.71. The first-order valence-corrected chi connectivity index (χ1v) is 9.76. The summed E-state index contributed by atoms with van der Waals surface area (Å²) < 4.78 is 5.06. The number of azo groups is 1. The van der Waals surface area contributed by atoms with Crippen LogP contribution in [0.15, 0.2) is 52.7 Å². The number of non-ortho nitro benzene ring substituents is 1.